The molecule has 1 fully saturated rings. The van der Waals surface area contributed by atoms with Crippen LogP contribution < -0.4 is 15.5 Å². The molecule has 0 saturated heterocycles. The topological polar surface area (TPSA) is 39.7 Å². The second kappa shape index (κ2) is 7.78. The van der Waals surface area contributed by atoms with E-state index in [1.807, 2.05) is 13.1 Å². The number of guanidine groups is 1. The van der Waals surface area contributed by atoms with E-state index >= 15 is 0 Å². The van der Waals surface area contributed by atoms with Crippen LogP contribution in [0.4, 0.5) is 5.69 Å². The summed E-state index contributed by atoms with van der Waals surface area (Å²) in [4.78, 5) is 6.54. The van der Waals surface area contributed by atoms with Crippen LogP contribution in [-0.4, -0.2) is 39.2 Å². The number of hydrogen-bond donors (Lipinski definition) is 2. The second-order valence-electron chi connectivity index (χ2n) is 5.38. The van der Waals surface area contributed by atoms with Crippen molar-refractivity contribution in [1.29, 1.82) is 0 Å². The first-order valence-corrected chi connectivity index (χ1v) is 7.53. The summed E-state index contributed by atoms with van der Waals surface area (Å²) in [5, 5.41) is 6.89. The Kier molecular flexibility index (Phi) is 5.71. The van der Waals surface area contributed by atoms with Crippen molar-refractivity contribution in [3.8, 4) is 0 Å². The van der Waals surface area contributed by atoms with Crippen molar-refractivity contribution >= 4 is 11.6 Å². The third-order valence-corrected chi connectivity index (χ3v) is 3.86. The van der Waals surface area contributed by atoms with Gasteiger partial charge in [0.25, 0.3) is 0 Å². The van der Waals surface area contributed by atoms with E-state index in [4.69, 9.17) is 0 Å². The minimum Gasteiger partial charge on any atom is -0.373 e. The van der Waals surface area contributed by atoms with Crippen LogP contribution in [0.3, 0.4) is 0 Å². The van der Waals surface area contributed by atoms with E-state index in [0.29, 0.717) is 6.04 Å². The van der Waals surface area contributed by atoms with E-state index in [1.54, 1.807) is 0 Å². The van der Waals surface area contributed by atoms with Crippen LogP contribution in [0.25, 0.3) is 0 Å². The number of nitrogens with one attached hydrogen (secondary N) is 2. The van der Waals surface area contributed by atoms with E-state index in [9.17, 15) is 0 Å². The van der Waals surface area contributed by atoms with Crippen LogP contribution in [0.1, 0.15) is 25.7 Å². The highest BCUT2D eigenvalue weighted by molar-refractivity contribution is 5.80. The van der Waals surface area contributed by atoms with Crippen molar-refractivity contribution in [2.75, 3.05) is 32.1 Å². The highest BCUT2D eigenvalue weighted by Gasteiger charge is 2.15. The first-order chi connectivity index (χ1) is 9.79. The Morgan fingerprint density at radius 2 is 1.95 bits per heavy atom. The molecule has 4 nitrogen and oxygen atoms in total. The highest BCUT2D eigenvalue weighted by Crippen LogP contribution is 2.17. The molecule has 0 unspecified atom stereocenters. The van der Waals surface area contributed by atoms with Gasteiger partial charge in [0.2, 0.25) is 0 Å². The largest absolute Gasteiger partial charge is 0.373 e. The van der Waals surface area contributed by atoms with Crippen molar-refractivity contribution in [3.05, 3.63) is 30.3 Å². The Bertz CT molecular complexity index is 410. The molecule has 1 saturated carbocycles. The standard InChI is InChI=1S/C16H26N4/c1-17-16(19-14-8-6-7-9-14)18-12-13-20(2)15-10-4-3-5-11-15/h3-5,10-11,14H,6-9,12-13H2,1-2H3,(H2,17,18,19). The summed E-state index contributed by atoms with van der Waals surface area (Å²) in [6.07, 6.45) is 5.21. The van der Waals surface area contributed by atoms with Gasteiger partial charge in [-0.3, -0.25) is 4.99 Å². The fourth-order valence-corrected chi connectivity index (χ4v) is 2.61. The van der Waals surface area contributed by atoms with Gasteiger partial charge in [-0.25, -0.2) is 0 Å². The fourth-order valence-electron chi connectivity index (χ4n) is 2.61. The Balaban J connectivity index is 1.71. The van der Waals surface area contributed by atoms with Gasteiger partial charge in [-0.1, -0.05) is 31.0 Å². The molecule has 0 aliphatic heterocycles. The van der Waals surface area contributed by atoms with Crippen LogP contribution >= 0.6 is 0 Å². The third-order valence-electron chi connectivity index (χ3n) is 3.86. The minimum atomic E-state index is 0.605. The molecule has 1 aliphatic rings. The lowest BCUT2D eigenvalue weighted by Gasteiger charge is -2.21. The molecule has 0 radical (unpaired) electrons. The zero-order chi connectivity index (χ0) is 14.2. The number of rotatable bonds is 5. The van der Waals surface area contributed by atoms with Gasteiger partial charge in [0.05, 0.1) is 0 Å². The molecular formula is C16H26N4. The van der Waals surface area contributed by atoms with E-state index in [-0.39, 0.29) is 0 Å². The Morgan fingerprint density at radius 3 is 2.60 bits per heavy atom. The van der Waals surface area contributed by atoms with Gasteiger partial charge in [-0.15, -0.1) is 0 Å². The highest BCUT2D eigenvalue weighted by atomic mass is 15.2. The van der Waals surface area contributed by atoms with Crippen molar-refractivity contribution in [1.82, 2.24) is 10.6 Å². The summed E-state index contributed by atoms with van der Waals surface area (Å²) in [7, 11) is 3.95. The van der Waals surface area contributed by atoms with Gasteiger partial charge in [-0.2, -0.15) is 0 Å². The molecule has 0 amide bonds. The molecule has 110 valence electrons. The molecule has 4 heteroatoms. The maximum atomic E-state index is 4.30. The number of likely N-dealkylation sites (N-methyl/N-ethyl adjacent to an activating group) is 1. The molecule has 0 spiro atoms. The van der Waals surface area contributed by atoms with Gasteiger partial charge in [0, 0.05) is 38.9 Å². The molecule has 2 rings (SSSR count). The molecule has 0 aromatic heterocycles. The summed E-state index contributed by atoms with van der Waals surface area (Å²) in [5.74, 6) is 0.929. The van der Waals surface area contributed by atoms with Gasteiger partial charge < -0.3 is 15.5 Å². The lowest BCUT2D eigenvalue weighted by Crippen LogP contribution is -2.44. The van der Waals surface area contributed by atoms with Crippen LogP contribution in [-0.2, 0) is 0 Å². The predicted octanol–water partition coefficient (Wildman–Crippen LogP) is 2.23. The number of hydrogen-bond acceptors (Lipinski definition) is 2. The Morgan fingerprint density at radius 1 is 1.25 bits per heavy atom. The number of aliphatic imine (C=N–C) groups is 1. The Hall–Kier alpha value is -1.71. The van der Waals surface area contributed by atoms with E-state index in [2.05, 4.69) is 51.8 Å². The zero-order valence-electron chi connectivity index (χ0n) is 12.6. The Labute approximate surface area is 122 Å². The van der Waals surface area contributed by atoms with Gasteiger partial charge in [0.1, 0.15) is 0 Å². The lowest BCUT2D eigenvalue weighted by molar-refractivity contribution is 0.613. The molecule has 20 heavy (non-hydrogen) atoms. The van der Waals surface area contributed by atoms with Crippen molar-refractivity contribution in [3.63, 3.8) is 0 Å². The maximum Gasteiger partial charge on any atom is 0.191 e. The number of para-hydroxylation sites is 1. The lowest BCUT2D eigenvalue weighted by atomic mass is 10.2. The normalized spacial score (nSPS) is 16.2. The molecular weight excluding hydrogens is 248 g/mol. The van der Waals surface area contributed by atoms with Gasteiger partial charge in [-0.05, 0) is 25.0 Å². The third kappa shape index (κ3) is 4.44. The average Bonchev–Trinajstić information content (AvgIpc) is 3.00. The van der Waals surface area contributed by atoms with E-state index in [0.717, 1.165) is 19.0 Å². The van der Waals surface area contributed by atoms with E-state index < -0.39 is 0 Å². The SMILES string of the molecule is CN=C(NCCN(C)c1ccccc1)NC1CCCC1. The van der Waals surface area contributed by atoms with Crippen LogP contribution in [0.5, 0.6) is 0 Å². The maximum absolute atomic E-state index is 4.30. The molecule has 0 heterocycles. The molecule has 1 aromatic rings. The van der Waals surface area contributed by atoms with Crippen LogP contribution in [0, 0.1) is 0 Å². The smallest absolute Gasteiger partial charge is 0.191 e. The summed E-state index contributed by atoms with van der Waals surface area (Å²) in [6.45, 7) is 1.84. The molecule has 0 atom stereocenters. The van der Waals surface area contributed by atoms with E-state index in [1.165, 1.54) is 31.4 Å². The number of nitrogens with zero attached hydrogens (tertiary/aromatic N) is 2. The minimum absolute atomic E-state index is 0.605. The van der Waals surface area contributed by atoms with Crippen LogP contribution in [0.2, 0.25) is 0 Å². The molecule has 1 aromatic carbocycles. The summed E-state index contributed by atoms with van der Waals surface area (Å²) >= 11 is 0. The first-order valence-electron chi connectivity index (χ1n) is 7.53. The quantitative estimate of drug-likeness (QED) is 0.639. The molecule has 0 bridgehead atoms. The summed E-state index contributed by atoms with van der Waals surface area (Å²) in [6, 6.07) is 11.0. The van der Waals surface area contributed by atoms with Gasteiger partial charge >= 0.3 is 0 Å². The summed E-state index contributed by atoms with van der Waals surface area (Å²) in [5.41, 5.74) is 1.24. The van der Waals surface area contributed by atoms with Crippen molar-refractivity contribution in [2.24, 2.45) is 4.99 Å². The van der Waals surface area contributed by atoms with Crippen LogP contribution in [0.15, 0.2) is 35.3 Å². The van der Waals surface area contributed by atoms with Crippen molar-refractivity contribution < 1.29 is 0 Å². The summed E-state index contributed by atoms with van der Waals surface area (Å²) < 4.78 is 0. The first kappa shape index (κ1) is 14.7. The predicted molar refractivity (Wildman–Crippen MR) is 86.5 cm³/mol. The average molecular weight is 274 g/mol. The molecule has 2 N–H and O–H groups in total. The zero-order valence-corrected chi connectivity index (χ0v) is 12.6. The van der Waals surface area contributed by atoms with Gasteiger partial charge in [0.15, 0.2) is 5.96 Å². The monoisotopic (exact) mass is 274 g/mol. The fraction of sp³-hybridized carbons (Fsp3) is 0.562. The second-order valence-corrected chi connectivity index (χ2v) is 5.38. The molecule has 1 aliphatic carbocycles. The number of anilines is 1. The van der Waals surface area contributed by atoms with Crippen molar-refractivity contribution in [2.45, 2.75) is 31.7 Å². The number of benzene rings is 1.